The number of hydrogen-bond donors (Lipinski definition) is 3. The molecule has 0 aromatic heterocycles. The van der Waals surface area contributed by atoms with Crippen LogP contribution in [0.4, 0.5) is 11.4 Å². The molecule has 0 aliphatic carbocycles. The minimum absolute atomic E-state index is 0.147. The Morgan fingerprint density at radius 1 is 1.00 bits per heavy atom. The average Bonchev–Trinajstić information content (AvgIpc) is 2.55. The van der Waals surface area contributed by atoms with Crippen molar-refractivity contribution in [1.29, 1.82) is 0 Å². The number of carbonyl (C=O) groups is 2. The normalized spacial score (nSPS) is 10.4. The first-order valence-electron chi connectivity index (χ1n) is 7.46. The van der Waals surface area contributed by atoms with Crippen LogP contribution < -0.4 is 16.0 Å². The molecule has 2 aromatic rings. The molecule has 0 aliphatic rings. The molecule has 2 rings (SSSR count). The van der Waals surface area contributed by atoms with Crippen LogP contribution >= 0.6 is 35.4 Å². The third-order valence-electron chi connectivity index (χ3n) is 3.08. The number of amides is 2. The Balaban J connectivity index is 1.89. The van der Waals surface area contributed by atoms with Crippen LogP contribution in [0.5, 0.6) is 0 Å². The Bertz CT molecular complexity index is 867. The lowest BCUT2D eigenvalue weighted by Gasteiger charge is -2.09. The molecule has 0 radical (unpaired) electrons. The summed E-state index contributed by atoms with van der Waals surface area (Å²) in [4.78, 5) is 22.9. The van der Waals surface area contributed by atoms with Gasteiger partial charge >= 0.3 is 0 Å². The quantitative estimate of drug-likeness (QED) is 0.516. The van der Waals surface area contributed by atoms with Gasteiger partial charge in [0.15, 0.2) is 5.11 Å². The van der Waals surface area contributed by atoms with Gasteiger partial charge in [-0.15, -0.1) is 0 Å². The number of carbonyl (C=O) groups excluding carboxylic acids is 2. The molecule has 0 atom stereocenters. The molecule has 26 heavy (non-hydrogen) atoms. The monoisotopic (exact) mass is 407 g/mol. The molecular formula is C18H15Cl2N3O2S. The van der Waals surface area contributed by atoms with Gasteiger partial charge in [0.05, 0.1) is 0 Å². The minimum atomic E-state index is -0.400. The van der Waals surface area contributed by atoms with E-state index in [9.17, 15) is 9.59 Å². The molecule has 134 valence electrons. The maximum atomic E-state index is 11.9. The second-order valence-electron chi connectivity index (χ2n) is 5.20. The summed E-state index contributed by atoms with van der Waals surface area (Å²) >= 11 is 17.0. The molecule has 0 unspecified atom stereocenters. The fraction of sp³-hybridized carbons (Fsp3) is 0.0556. The molecule has 2 aromatic carbocycles. The Morgan fingerprint density at radius 3 is 2.19 bits per heavy atom. The summed E-state index contributed by atoms with van der Waals surface area (Å²) in [5.74, 6) is -0.551. The zero-order valence-electron chi connectivity index (χ0n) is 13.7. The van der Waals surface area contributed by atoms with Gasteiger partial charge in [0.1, 0.15) is 0 Å². The van der Waals surface area contributed by atoms with Crippen LogP contribution in [0.2, 0.25) is 10.0 Å². The van der Waals surface area contributed by atoms with E-state index in [0.717, 1.165) is 0 Å². The zero-order valence-corrected chi connectivity index (χ0v) is 16.0. The fourth-order valence-corrected chi connectivity index (χ4v) is 2.65. The van der Waals surface area contributed by atoms with E-state index in [-0.39, 0.29) is 11.0 Å². The molecule has 3 N–H and O–H groups in total. The summed E-state index contributed by atoms with van der Waals surface area (Å²) in [5, 5.41) is 9.19. The van der Waals surface area contributed by atoms with Gasteiger partial charge in [-0.1, -0.05) is 29.3 Å². The predicted octanol–water partition coefficient (Wildman–Crippen LogP) is 4.48. The Morgan fingerprint density at radius 2 is 1.62 bits per heavy atom. The Labute approximate surface area is 166 Å². The van der Waals surface area contributed by atoms with Crippen LogP contribution in [0.3, 0.4) is 0 Å². The van der Waals surface area contributed by atoms with Crippen molar-refractivity contribution in [2.75, 3.05) is 10.6 Å². The summed E-state index contributed by atoms with van der Waals surface area (Å²) in [6.45, 7) is 1.43. The summed E-state index contributed by atoms with van der Waals surface area (Å²) in [5.41, 5.74) is 2.01. The topological polar surface area (TPSA) is 70.2 Å². The third-order valence-corrected chi connectivity index (χ3v) is 3.84. The molecule has 0 saturated heterocycles. The predicted molar refractivity (Wildman–Crippen MR) is 111 cm³/mol. The van der Waals surface area contributed by atoms with Crippen LogP contribution in [0.25, 0.3) is 6.08 Å². The van der Waals surface area contributed by atoms with Crippen LogP contribution in [0, 0.1) is 0 Å². The maximum Gasteiger partial charge on any atom is 0.250 e. The summed E-state index contributed by atoms with van der Waals surface area (Å²) in [6, 6.07) is 11.9. The SMILES string of the molecule is CC(=O)Nc1ccc(NC(=S)NC(=O)C=Cc2ccc(Cl)cc2Cl)cc1. The first kappa shape index (κ1) is 19.9. The van der Waals surface area contributed by atoms with E-state index >= 15 is 0 Å². The molecule has 0 aliphatic heterocycles. The van der Waals surface area contributed by atoms with Gasteiger partial charge < -0.3 is 10.6 Å². The number of nitrogens with one attached hydrogen (secondary N) is 3. The number of rotatable bonds is 4. The van der Waals surface area contributed by atoms with Crippen molar-refractivity contribution >= 4 is 69.8 Å². The first-order valence-corrected chi connectivity index (χ1v) is 8.62. The van der Waals surface area contributed by atoms with Crippen molar-refractivity contribution in [2.24, 2.45) is 0 Å². The van der Waals surface area contributed by atoms with Gasteiger partial charge in [-0.3, -0.25) is 14.9 Å². The molecule has 0 fully saturated rings. The lowest BCUT2D eigenvalue weighted by Crippen LogP contribution is -2.32. The standard InChI is InChI=1S/C18H15Cl2N3O2S/c1-11(24)21-14-5-7-15(8-6-14)22-18(26)23-17(25)9-3-12-2-4-13(19)10-16(12)20/h2-10H,1H3,(H,21,24)(H2,22,23,25,26). The van der Waals surface area contributed by atoms with Crippen LogP contribution in [0.1, 0.15) is 12.5 Å². The second kappa shape index (κ2) is 9.33. The highest BCUT2D eigenvalue weighted by Crippen LogP contribution is 2.21. The lowest BCUT2D eigenvalue weighted by atomic mass is 10.2. The molecule has 0 saturated carbocycles. The van der Waals surface area contributed by atoms with E-state index in [1.807, 2.05) is 0 Å². The van der Waals surface area contributed by atoms with Gasteiger partial charge in [0, 0.05) is 34.4 Å². The lowest BCUT2D eigenvalue weighted by molar-refractivity contribution is -0.115. The first-order chi connectivity index (χ1) is 12.3. The summed E-state index contributed by atoms with van der Waals surface area (Å²) in [6.07, 6.45) is 2.89. The summed E-state index contributed by atoms with van der Waals surface area (Å²) in [7, 11) is 0. The van der Waals surface area contributed by atoms with Gasteiger partial charge in [-0.05, 0) is 60.3 Å². The van der Waals surface area contributed by atoms with E-state index in [0.29, 0.717) is 27.0 Å². The maximum absolute atomic E-state index is 11.9. The van der Waals surface area contributed by atoms with E-state index in [2.05, 4.69) is 16.0 Å². The average molecular weight is 408 g/mol. The largest absolute Gasteiger partial charge is 0.332 e. The van der Waals surface area contributed by atoms with Crippen molar-refractivity contribution in [3.8, 4) is 0 Å². The van der Waals surface area contributed by atoms with Crippen LogP contribution in [0.15, 0.2) is 48.5 Å². The molecule has 2 amide bonds. The van der Waals surface area contributed by atoms with Crippen molar-refractivity contribution in [3.63, 3.8) is 0 Å². The van der Waals surface area contributed by atoms with Gasteiger partial charge in [-0.2, -0.15) is 0 Å². The van der Waals surface area contributed by atoms with Gasteiger partial charge in [0.25, 0.3) is 0 Å². The number of hydrogen-bond acceptors (Lipinski definition) is 3. The van der Waals surface area contributed by atoms with Crippen molar-refractivity contribution in [2.45, 2.75) is 6.92 Å². The molecule has 8 heteroatoms. The molecule has 0 spiro atoms. The van der Waals surface area contributed by atoms with E-state index in [1.54, 1.807) is 48.5 Å². The number of anilines is 2. The van der Waals surface area contributed by atoms with Crippen LogP contribution in [-0.4, -0.2) is 16.9 Å². The van der Waals surface area contributed by atoms with E-state index < -0.39 is 5.91 Å². The smallest absolute Gasteiger partial charge is 0.250 e. The highest BCUT2D eigenvalue weighted by Gasteiger charge is 2.03. The third kappa shape index (κ3) is 6.48. The van der Waals surface area contributed by atoms with Crippen molar-refractivity contribution in [1.82, 2.24) is 5.32 Å². The number of halogens is 2. The summed E-state index contributed by atoms with van der Waals surface area (Å²) < 4.78 is 0. The second-order valence-corrected chi connectivity index (χ2v) is 6.45. The minimum Gasteiger partial charge on any atom is -0.332 e. The highest BCUT2D eigenvalue weighted by molar-refractivity contribution is 7.80. The molecule has 0 bridgehead atoms. The number of thiocarbonyl (C=S) groups is 1. The molecular weight excluding hydrogens is 393 g/mol. The van der Waals surface area contributed by atoms with Crippen molar-refractivity contribution < 1.29 is 9.59 Å². The Kier molecular flexibility index (Phi) is 7.15. The van der Waals surface area contributed by atoms with E-state index in [4.69, 9.17) is 35.4 Å². The number of benzene rings is 2. The molecule has 0 heterocycles. The zero-order chi connectivity index (χ0) is 19.1. The van der Waals surface area contributed by atoms with Crippen molar-refractivity contribution in [3.05, 3.63) is 64.1 Å². The van der Waals surface area contributed by atoms with Crippen LogP contribution in [-0.2, 0) is 9.59 Å². The Hall–Kier alpha value is -2.41. The van der Waals surface area contributed by atoms with Gasteiger partial charge in [-0.25, -0.2) is 0 Å². The highest BCUT2D eigenvalue weighted by atomic mass is 35.5. The van der Waals surface area contributed by atoms with E-state index in [1.165, 1.54) is 13.0 Å². The molecule has 5 nitrogen and oxygen atoms in total. The fourth-order valence-electron chi connectivity index (χ4n) is 1.96. The van der Waals surface area contributed by atoms with Gasteiger partial charge in [0.2, 0.25) is 11.8 Å².